The van der Waals surface area contributed by atoms with Crippen LogP contribution >= 0.6 is 24.0 Å². The van der Waals surface area contributed by atoms with E-state index in [2.05, 4.69) is 25.7 Å². The van der Waals surface area contributed by atoms with Crippen molar-refractivity contribution in [1.29, 1.82) is 0 Å². The molecule has 3 heterocycles. The summed E-state index contributed by atoms with van der Waals surface area (Å²) in [6, 6.07) is 0.299. The lowest BCUT2D eigenvalue weighted by Crippen LogP contribution is -2.48. The monoisotopic (exact) mass is 533 g/mol. The van der Waals surface area contributed by atoms with E-state index in [1.807, 2.05) is 30.4 Å². The molecule has 2 atom stereocenters. The Morgan fingerprint density at radius 3 is 2.87 bits per heavy atom. The number of aryl methyl sites for hydroxylation is 1. The van der Waals surface area contributed by atoms with Crippen molar-refractivity contribution in [2.75, 3.05) is 26.7 Å². The summed E-state index contributed by atoms with van der Waals surface area (Å²) in [5.74, 6) is 2.35. The number of rotatable bonds is 4. The summed E-state index contributed by atoms with van der Waals surface area (Å²) in [6.45, 7) is 8.91. The molecule has 2 aliphatic heterocycles. The zero-order valence-electron chi connectivity index (χ0n) is 18.6. The molecule has 170 valence electrons. The number of carbonyl (C=O) groups excluding carboxylic acids is 1. The van der Waals surface area contributed by atoms with E-state index in [0.717, 1.165) is 70.1 Å². The summed E-state index contributed by atoms with van der Waals surface area (Å²) in [5.41, 5.74) is -0.449. The molecule has 0 saturated carbocycles. The van der Waals surface area contributed by atoms with Gasteiger partial charge < -0.3 is 20.3 Å². The van der Waals surface area contributed by atoms with Gasteiger partial charge in [0.1, 0.15) is 17.8 Å². The molecule has 10 heteroatoms. The largest absolute Gasteiger partial charge is 0.444 e. The number of guanidine groups is 1. The average Bonchev–Trinajstić information content (AvgIpc) is 3.14. The van der Waals surface area contributed by atoms with E-state index in [1.165, 1.54) is 0 Å². The van der Waals surface area contributed by atoms with Crippen molar-refractivity contribution in [3.05, 3.63) is 12.2 Å². The molecule has 1 saturated heterocycles. The molecule has 1 amide bonds. The molecule has 2 unspecified atom stereocenters. The van der Waals surface area contributed by atoms with Gasteiger partial charge in [-0.1, -0.05) is 0 Å². The van der Waals surface area contributed by atoms with Gasteiger partial charge in [0.25, 0.3) is 0 Å². The highest BCUT2D eigenvalue weighted by molar-refractivity contribution is 14.0. The number of piperidine rings is 1. The highest BCUT2D eigenvalue weighted by Crippen LogP contribution is 2.21. The maximum Gasteiger partial charge on any atom is 0.410 e. The molecule has 0 aromatic carbocycles. The average molecular weight is 533 g/mol. The van der Waals surface area contributed by atoms with E-state index in [1.54, 1.807) is 13.4 Å². The van der Waals surface area contributed by atoms with Crippen molar-refractivity contribution in [1.82, 2.24) is 30.3 Å². The first-order valence-corrected chi connectivity index (χ1v) is 10.7. The minimum absolute atomic E-state index is 0. The predicted octanol–water partition coefficient (Wildman–Crippen LogP) is 2.41. The minimum Gasteiger partial charge on any atom is -0.444 e. The maximum atomic E-state index is 12.3. The van der Waals surface area contributed by atoms with E-state index >= 15 is 0 Å². The summed E-state index contributed by atoms with van der Waals surface area (Å²) in [6.07, 6.45) is 6.54. The third-order valence-electron chi connectivity index (χ3n) is 5.39. The second-order valence-electron chi connectivity index (χ2n) is 8.96. The van der Waals surface area contributed by atoms with Crippen molar-refractivity contribution in [3.8, 4) is 0 Å². The highest BCUT2D eigenvalue weighted by atomic mass is 127. The number of halogens is 1. The molecule has 9 nitrogen and oxygen atoms in total. The number of fused-ring (bicyclic) bond motifs is 1. The van der Waals surface area contributed by atoms with Gasteiger partial charge in [-0.15, -0.1) is 24.0 Å². The van der Waals surface area contributed by atoms with Crippen LogP contribution in [-0.2, 0) is 17.7 Å². The van der Waals surface area contributed by atoms with Crippen LogP contribution < -0.4 is 10.6 Å². The maximum absolute atomic E-state index is 12.3. The lowest BCUT2D eigenvalue weighted by Gasteiger charge is -2.34. The summed E-state index contributed by atoms with van der Waals surface area (Å²) < 4.78 is 7.48. The zero-order valence-corrected chi connectivity index (χ0v) is 20.9. The Hall–Kier alpha value is -1.59. The van der Waals surface area contributed by atoms with Crippen molar-refractivity contribution in [2.45, 2.75) is 71.1 Å². The molecule has 2 aliphatic rings. The van der Waals surface area contributed by atoms with Gasteiger partial charge in [0.15, 0.2) is 5.96 Å². The van der Waals surface area contributed by atoms with Crippen molar-refractivity contribution < 1.29 is 9.53 Å². The fourth-order valence-corrected chi connectivity index (χ4v) is 3.93. The van der Waals surface area contributed by atoms with Gasteiger partial charge in [0.2, 0.25) is 0 Å². The van der Waals surface area contributed by atoms with Crippen LogP contribution in [-0.4, -0.2) is 70.0 Å². The molecular formula is C20H36IN7O2. The van der Waals surface area contributed by atoms with Crippen LogP contribution in [0.15, 0.2) is 11.3 Å². The molecule has 1 fully saturated rings. The summed E-state index contributed by atoms with van der Waals surface area (Å²) in [7, 11) is 1.80. The second-order valence-corrected chi connectivity index (χ2v) is 8.96. The van der Waals surface area contributed by atoms with Crippen LogP contribution in [0.1, 0.15) is 52.3 Å². The molecule has 30 heavy (non-hydrogen) atoms. The van der Waals surface area contributed by atoms with E-state index in [-0.39, 0.29) is 30.1 Å². The molecule has 2 N–H and O–H groups in total. The Morgan fingerprint density at radius 2 is 2.13 bits per heavy atom. The Morgan fingerprint density at radius 1 is 1.33 bits per heavy atom. The fraction of sp³-hybridized carbons (Fsp3) is 0.800. The lowest BCUT2D eigenvalue weighted by atomic mass is 9.95. The number of amides is 1. The number of nitrogens with zero attached hydrogens (tertiary/aromatic N) is 5. The third kappa shape index (κ3) is 7.28. The third-order valence-corrected chi connectivity index (χ3v) is 5.39. The molecule has 1 aromatic heterocycles. The molecule has 0 spiro atoms. The van der Waals surface area contributed by atoms with Crippen LogP contribution in [0.4, 0.5) is 4.79 Å². The van der Waals surface area contributed by atoms with Gasteiger partial charge in [-0.2, -0.15) is 5.10 Å². The molecule has 3 rings (SSSR count). The van der Waals surface area contributed by atoms with E-state index < -0.39 is 5.60 Å². The number of carbonyl (C=O) groups is 1. The fourth-order valence-electron chi connectivity index (χ4n) is 3.93. The summed E-state index contributed by atoms with van der Waals surface area (Å²) >= 11 is 0. The van der Waals surface area contributed by atoms with Crippen LogP contribution in [0.25, 0.3) is 0 Å². The van der Waals surface area contributed by atoms with Gasteiger partial charge >= 0.3 is 6.09 Å². The van der Waals surface area contributed by atoms with Crippen molar-refractivity contribution in [3.63, 3.8) is 0 Å². The zero-order chi connectivity index (χ0) is 20.9. The summed E-state index contributed by atoms with van der Waals surface area (Å²) in [5, 5.41) is 11.2. The first-order chi connectivity index (χ1) is 13.8. The van der Waals surface area contributed by atoms with Gasteiger partial charge in [0, 0.05) is 39.1 Å². The Bertz CT molecular complexity index is 716. The van der Waals surface area contributed by atoms with E-state index in [9.17, 15) is 4.79 Å². The highest BCUT2D eigenvalue weighted by Gasteiger charge is 2.27. The lowest BCUT2D eigenvalue weighted by molar-refractivity contribution is 0.0162. The molecule has 0 radical (unpaired) electrons. The van der Waals surface area contributed by atoms with Gasteiger partial charge in [-0.05, 0) is 52.4 Å². The second kappa shape index (κ2) is 11.1. The first kappa shape index (κ1) is 24.7. The predicted molar refractivity (Wildman–Crippen MR) is 127 cm³/mol. The number of aromatic nitrogens is 3. The first-order valence-electron chi connectivity index (χ1n) is 10.7. The van der Waals surface area contributed by atoms with Crippen molar-refractivity contribution in [2.24, 2.45) is 10.9 Å². The Balaban J connectivity index is 0.00000320. The van der Waals surface area contributed by atoms with Gasteiger partial charge in [-0.25, -0.2) is 14.5 Å². The van der Waals surface area contributed by atoms with Crippen LogP contribution in [0.3, 0.4) is 0 Å². The topological polar surface area (TPSA) is 96.7 Å². The smallest absolute Gasteiger partial charge is 0.410 e. The molecule has 0 aliphatic carbocycles. The van der Waals surface area contributed by atoms with Gasteiger partial charge in [0.05, 0.1) is 6.54 Å². The van der Waals surface area contributed by atoms with E-state index in [4.69, 9.17) is 4.74 Å². The number of hydrogen-bond acceptors (Lipinski definition) is 5. The SMILES string of the molecule is CN=C(NCCC1CCCN(C(=O)OC(C)(C)C)C1)NC1CCc2ncnn2C1.I. The van der Waals surface area contributed by atoms with Crippen LogP contribution in [0.5, 0.6) is 0 Å². The summed E-state index contributed by atoms with van der Waals surface area (Å²) in [4.78, 5) is 22.8. The Labute approximate surface area is 196 Å². The minimum atomic E-state index is -0.449. The number of aliphatic imine (C=N–C) groups is 1. The molecule has 1 aromatic rings. The van der Waals surface area contributed by atoms with Gasteiger partial charge in [-0.3, -0.25) is 4.99 Å². The van der Waals surface area contributed by atoms with Crippen LogP contribution in [0, 0.1) is 5.92 Å². The van der Waals surface area contributed by atoms with Crippen LogP contribution in [0.2, 0.25) is 0 Å². The number of likely N-dealkylation sites (tertiary alicyclic amines) is 1. The normalized spacial score (nSPS) is 22.0. The van der Waals surface area contributed by atoms with Crippen molar-refractivity contribution >= 4 is 36.0 Å². The number of nitrogens with one attached hydrogen (secondary N) is 2. The number of ether oxygens (including phenoxy) is 1. The Kier molecular flexibility index (Phi) is 9.17. The standard InChI is InChI=1S/C20H35N7O2.HI/c1-20(2,3)29-19(28)26-11-5-6-15(12-26)9-10-22-18(21-4)25-16-7-8-17-23-14-24-27(17)13-16;/h14-16H,5-13H2,1-4H3,(H2,21,22,25);1H. The van der Waals surface area contributed by atoms with E-state index in [0.29, 0.717) is 12.0 Å². The molecular weight excluding hydrogens is 497 g/mol. The quantitative estimate of drug-likeness (QED) is 0.351. The molecule has 0 bridgehead atoms. The number of hydrogen-bond donors (Lipinski definition) is 2.